The second kappa shape index (κ2) is 6.88. The Morgan fingerprint density at radius 3 is 2.84 bits per heavy atom. The molecule has 7 nitrogen and oxygen atoms in total. The summed E-state index contributed by atoms with van der Waals surface area (Å²) in [5.41, 5.74) is 1.30. The van der Waals surface area contributed by atoms with E-state index in [9.17, 15) is 0 Å². The molecule has 0 bridgehead atoms. The van der Waals surface area contributed by atoms with Gasteiger partial charge in [-0.1, -0.05) is 5.16 Å². The maximum atomic E-state index is 5.44. The van der Waals surface area contributed by atoms with Crippen molar-refractivity contribution < 1.29 is 4.52 Å². The quantitative estimate of drug-likeness (QED) is 0.800. The zero-order valence-electron chi connectivity index (χ0n) is 15.4. The molecule has 4 rings (SSSR count). The fourth-order valence-electron chi connectivity index (χ4n) is 4.11. The molecular weight excluding hydrogens is 316 g/mol. The van der Waals surface area contributed by atoms with Gasteiger partial charge in [0.1, 0.15) is 0 Å². The Kier molecular flexibility index (Phi) is 4.60. The van der Waals surface area contributed by atoms with Gasteiger partial charge < -0.3 is 9.09 Å². The minimum atomic E-state index is 0.411. The van der Waals surface area contributed by atoms with Crippen LogP contribution in [0.5, 0.6) is 0 Å². The summed E-state index contributed by atoms with van der Waals surface area (Å²) in [4.78, 5) is 13.7. The van der Waals surface area contributed by atoms with Crippen LogP contribution in [-0.4, -0.2) is 56.7 Å². The Morgan fingerprint density at radius 2 is 2.12 bits per heavy atom. The SMILES string of the molecule is CN(Cc1nc(C2CC2)no1)C[C@@H]1CCCN(C)[C@H]1c1cncn1C. The number of likely N-dealkylation sites (tertiary alicyclic amines) is 1. The molecule has 25 heavy (non-hydrogen) atoms. The molecular formula is C18H28N6O. The Labute approximate surface area is 149 Å². The van der Waals surface area contributed by atoms with E-state index in [-0.39, 0.29) is 0 Å². The third-order valence-corrected chi connectivity index (χ3v) is 5.54. The molecule has 2 atom stereocenters. The predicted octanol–water partition coefficient (Wildman–Crippen LogP) is 2.20. The van der Waals surface area contributed by atoms with Crippen LogP contribution in [-0.2, 0) is 13.6 Å². The second-order valence-corrected chi connectivity index (χ2v) is 7.77. The lowest BCUT2D eigenvalue weighted by Gasteiger charge is -2.40. The lowest BCUT2D eigenvalue weighted by Crippen LogP contribution is -2.41. The fourth-order valence-corrected chi connectivity index (χ4v) is 4.11. The van der Waals surface area contributed by atoms with E-state index in [1.807, 2.05) is 12.5 Å². The smallest absolute Gasteiger partial charge is 0.240 e. The Balaban J connectivity index is 1.42. The number of nitrogens with zero attached hydrogens (tertiary/aromatic N) is 6. The zero-order valence-corrected chi connectivity index (χ0v) is 15.4. The predicted molar refractivity (Wildman–Crippen MR) is 93.9 cm³/mol. The van der Waals surface area contributed by atoms with Crippen molar-refractivity contribution in [2.45, 2.75) is 44.2 Å². The van der Waals surface area contributed by atoms with Crippen LogP contribution in [0.25, 0.3) is 0 Å². The summed E-state index contributed by atoms with van der Waals surface area (Å²) in [6.45, 7) is 2.88. The van der Waals surface area contributed by atoms with Gasteiger partial charge in [-0.05, 0) is 52.2 Å². The molecule has 2 aromatic heterocycles. The third kappa shape index (κ3) is 3.62. The van der Waals surface area contributed by atoms with Crippen molar-refractivity contribution in [2.24, 2.45) is 13.0 Å². The summed E-state index contributed by atoms with van der Waals surface area (Å²) in [6.07, 6.45) is 8.80. The lowest BCUT2D eigenvalue weighted by molar-refractivity contribution is 0.0851. The standard InChI is InChI=1S/C18H28N6O/c1-22(11-16-20-18(21-25-16)13-6-7-13)10-14-5-4-8-23(2)17(14)15-9-19-12-24(15)3/h9,12-14,17H,4-8,10-11H2,1-3H3/t14-,17+/m0/s1. The first-order chi connectivity index (χ1) is 12.1. The highest BCUT2D eigenvalue weighted by molar-refractivity contribution is 5.09. The van der Waals surface area contributed by atoms with Gasteiger partial charge >= 0.3 is 0 Å². The van der Waals surface area contributed by atoms with Crippen LogP contribution >= 0.6 is 0 Å². The minimum absolute atomic E-state index is 0.411. The molecule has 0 amide bonds. The van der Waals surface area contributed by atoms with Crippen LogP contribution in [0.1, 0.15) is 55.1 Å². The Morgan fingerprint density at radius 1 is 1.28 bits per heavy atom. The molecule has 3 heterocycles. The number of hydrogen-bond donors (Lipinski definition) is 0. The number of imidazole rings is 1. The van der Waals surface area contributed by atoms with Gasteiger partial charge in [-0.2, -0.15) is 4.98 Å². The monoisotopic (exact) mass is 344 g/mol. The van der Waals surface area contributed by atoms with Crippen molar-refractivity contribution in [1.82, 2.24) is 29.5 Å². The number of rotatable bonds is 6. The molecule has 7 heteroatoms. The van der Waals surface area contributed by atoms with E-state index in [2.05, 4.69) is 50.6 Å². The summed E-state index contributed by atoms with van der Waals surface area (Å²) in [7, 11) is 6.46. The molecule has 2 aromatic rings. The highest BCUT2D eigenvalue weighted by atomic mass is 16.5. The average molecular weight is 344 g/mol. The molecule has 136 valence electrons. The summed E-state index contributed by atoms with van der Waals surface area (Å²) in [5.74, 6) is 2.76. The van der Waals surface area contributed by atoms with E-state index >= 15 is 0 Å². The number of aryl methyl sites for hydroxylation is 1. The first-order valence-electron chi connectivity index (χ1n) is 9.29. The first-order valence-corrected chi connectivity index (χ1v) is 9.29. The van der Waals surface area contributed by atoms with Crippen molar-refractivity contribution in [3.63, 3.8) is 0 Å². The highest BCUT2D eigenvalue weighted by Gasteiger charge is 2.33. The summed E-state index contributed by atoms with van der Waals surface area (Å²) < 4.78 is 7.59. The van der Waals surface area contributed by atoms with Crippen molar-refractivity contribution in [3.8, 4) is 0 Å². The van der Waals surface area contributed by atoms with Crippen LogP contribution < -0.4 is 0 Å². The van der Waals surface area contributed by atoms with E-state index in [1.165, 1.54) is 31.4 Å². The number of piperidine rings is 1. The van der Waals surface area contributed by atoms with Crippen molar-refractivity contribution in [3.05, 3.63) is 29.9 Å². The van der Waals surface area contributed by atoms with E-state index in [0.717, 1.165) is 31.3 Å². The van der Waals surface area contributed by atoms with E-state index in [4.69, 9.17) is 4.52 Å². The normalized spacial score (nSPS) is 25.0. The molecule has 1 aliphatic carbocycles. The van der Waals surface area contributed by atoms with Gasteiger partial charge in [0, 0.05) is 25.7 Å². The highest BCUT2D eigenvalue weighted by Crippen LogP contribution is 2.38. The van der Waals surface area contributed by atoms with Gasteiger partial charge in [-0.3, -0.25) is 9.80 Å². The van der Waals surface area contributed by atoms with E-state index < -0.39 is 0 Å². The van der Waals surface area contributed by atoms with E-state index in [0.29, 0.717) is 17.9 Å². The van der Waals surface area contributed by atoms with Crippen molar-refractivity contribution in [1.29, 1.82) is 0 Å². The molecule has 0 aromatic carbocycles. The maximum absolute atomic E-state index is 5.44. The fraction of sp³-hybridized carbons (Fsp3) is 0.722. The van der Waals surface area contributed by atoms with Crippen LogP contribution in [0.3, 0.4) is 0 Å². The van der Waals surface area contributed by atoms with Gasteiger partial charge in [-0.15, -0.1) is 0 Å². The van der Waals surface area contributed by atoms with Gasteiger partial charge in [0.15, 0.2) is 5.82 Å². The molecule has 1 saturated carbocycles. The summed E-state index contributed by atoms with van der Waals surface area (Å²) >= 11 is 0. The van der Waals surface area contributed by atoms with Gasteiger partial charge in [0.2, 0.25) is 5.89 Å². The second-order valence-electron chi connectivity index (χ2n) is 7.77. The van der Waals surface area contributed by atoms with Gasteiger partial charge in [0.25, 0.3) is 0 Å². The van der Waals surface area contributed by atoms with Crippen LogP contribution in [0, 0.1) is 5.92 Å². The Hall–Kier alpha value is -1.73. The van der Waals surface area contributed by atoms with E-state index in [1.54, 1.807) is 0 Å². The largest absolute Gasteiger partial charge is 0.338 e. The first kappa shape index (κ1) is 16.7. The molecule has 0 unspecified atom stereocenters. The molecule has 2 aliphatic rings. The van der Waals surface area contributed by atoms with Crippen LogP contribution in [0.15, 0.2) is 17.0 Å². The van der Waals surface area contributed by atoms with Crippen molar-refractivity contribution in [2.75, 3.05) is 27.2 Å². The molecule has 0 radical (unpaired) electrons. The minimum Gasteiger partial charge on any atom is -0.338 e. The van der Waals surface area contributed by atoms with Crippen LogP contribution in [0.4, 0.5) is 0 Å². The summed E-state index contributed by atoms with van der Waals surface area (Å²) in [6, 6.07) is 0.411. The Bertz CT molecular complexity index is 706. The number of aromatic nitrogens is 4. The molecule has 2 fully saturated rings. The molecule has 1 saturated heterocycles. The molecule has 0 spiro atoms. The molecule has 0 N–H and O–H groups in total. The average Bonchev–Trinajstić information content (AvgIpc) is 3.19. The lowest BCUT2D eigenvalue weighted by atomic mass is 9.87. The zero-order chi connectivity index (χ0) is 17.4. The maximum Gasteiger partial charge on any atom is 0.240 e. The van der Waals surface area contributed by atoms with Gasteiger partial charge in [0.05, 0.1) is 24.6 Å². The summed E-state index contributed by atoms with van der Waals surface area (Å²) in [5, 5.41) is 4.12. The van der Waals surface area contributed by atoms with Crippen LogP contribution in [0.2, 0.25) is 0 Å². The van der Waals surface area contributed by atoms with Crippen molar-refractivity contribution >= 4 is 0 Å². The van der Waals surface area contributed by atoms with Gasteiger partial charge in [-0.25, -0.2) is 4.98 Å². The third-order valence-electron chi connectivity index (χ3n) is 5.54. The number of hydrogen-bond acceptors (Lipinski definition) is 6. The topological polar surface area (TPSA) is 63.2 Å². The molecule has 1 aliphatic heterocycles.